The first-order valence-corrected chi connectivity index (χ1v) is 10.9. The van der Waals surface area contributed by atoms with Crippen molar-refractivity contribution in [2.24, 2.45) is 0 Å². The Bertz CT molecular complexity index is 1050. The van der Waals surface area contributed by atoms with E-state index in [1.165, 1.54) is 5.56 Å². The van der Waals surface area contributed by atoms with E-state index >= 15 is 0 Å². The van der Waals surface area contributed by atoms with E-state index in [2.05, 4.69) is 4.90 Å². The minimum atomic E-state index is -0.0530. The van der Waals surface area contributed by atoms with Crippen LogP contribution in [0.2, 0.25) is 15.1 Å². The topological polar surface area (TPSA) is 32.8 Å². The zero-order valence-electron chi connectivity index (χ0n) is 16.3. The number of benzene rings is 3. The van der Waals surface area contributed by atoms with E-state index in [-0.39, 0.29) is 12.5 Å². The number of ether oxygens (including phenoxy) is 1. The highest BCUT2D eigenvalue weighted by molar-refractivity contribution is 6.40. The largest absolute Gasteiger partial charge is 0.482 e. The molecule has 0 N–H and O–H groups in total. The maximum Gasteiger partial charge on any atom is 0.260 e. The van der Waals surface area contributed by atoms with Crippen LogP contribution in [0.5, 0.6) is 5.75 Å². The summed E-state index contributed by atoms with van der Waals surface area (Å²) in [5.41, 5.74) is 1.21. The van der Waals surface area contributed by atoms with Gasteiger partial charge >= 0.3 is 0 Å². The molecule has 0 aliphatic carbocycles. The summed E-state index contributed by atoms with van der Waals surface area (Å²) >= 11 is 18.6. The lowest BCUT2D eigenvalue weighted by atomic mass is 10.1. The first-order valence-electron chi connectivity index (χ1n) is 9.75. The summed E-state index contributed by atoms with van der Waals surface area (Å²) in [6.45, 7) is 3.78. The van der Waals surface area contributed by atoms with Crippen LogP contribution in [0.1, 0.15) is 5.56 Å². The van der Waals surface area contributed by atoms with E-state index in [1.807, 2.05) is 53.4 Å². The molecule has 3 aromatic rings. The molecule has 1 aliphatic heterocycles. The number of carbonyl (C=O) groups is 1. The maximum absolute atomic E-state index is 12.7. The van der Waals surface area contributed by atoms with E-state index in [1.54, 1.807) is 6.07 Å². The molecule has 3 aromatic carbocycles. The van der Waals surface area contributed by atoms with Crippen molar-refractivity contribution in [2.75, 3.05) is 32.8 Å². The van der Waals surface area contributed by atoms with Crippen LogP contribution in [0.25, 0.3) is 10.8 Å². The van der Waals surface area contributed by atoms with Gasteiger partial charge in [-0.05, 0) is 23.8 Å². The van der Waals surface area contributed by atoms with Crippen LogP contribution >= 0.6 is 34.8 Å². The first kappa shape index (κ1) is 21.3. The monoisotopic (exact) mass is 462 g/mol. The van der Waals surface area contributed by atoms with E-state index in [0.717, 1.165) is 35.4 Å². The van der Waals surface area contributed by atoms with E-state index in [9.17, 15) is 4.79 Å². The Morgan fingerprint density at radius 2 is 1.53 bits per heavy atom. The summed E-state index contributed by atoms with van der Waals surface area (Å²) in [4.78, 5) is 16.9. The number of nitrogens with zero attached hydrogens (tertiary/aromatic N) is 2. The van der Waals surface area contributed by atoms with Crippen molar-refractivity contribution in [3.8, 4) is 5.75 Å². The number of fused-ring (bicyclic) bond motifs is 1. The average Bonchev–Trinajstić information content (AvgIpc) is 2.75. The Kier molecular flexibility index (Phi) is 6.69. The van der Waals surface area contributed by atoms with E-state index in [4.69, 9.17) is 39.5 Å². The second-order valence-corrected chi connectivity index (χ2v) is 8.54. The van der Waals surface area contributed by atoms with Gasteiger partial charge in [0.2, 0.25) is 0 Å². The Morgan fingerprint density at radius 1 is 0.867 bits per heavy atom. The summed E-state index contributed by atoms with van der Waals surface area (Å²) in [5, 5.41) is 3.35. The fourth-order valence-electron chi connectivity index (χ4n) is 3.65. The number of rotatable bonds is 5. The van der Waals surface area contributed by atoms with Gasteiger partial charge in [-0.25, -0.2) is 0 Å². The molecule has 30 heavy (non-hydrogen) atoms. The van der Waals surface area contributed by atoms with Gasteiger partial charge in [0.25, 0.3) is 5.91 Å². The SMILES string of the molecule is O=C(COc1c(Cl)cc(Cl)c2ccccc12)N1CCN(Cc2ccc(Cl)cc2)CC1. The van der Waals surface area contributed by atoms with Gasteiger partial charge in [0.1, 0.15) is 5.75 Å². The Hall–Kier alpha value is -1.98. The van der Waals surface area contributed by atoms with Crippen molar-refractivity contribution in [1.29, 1.82) is 0 Å². The number of halogens is 3. The molecule has 1 heterocycles. The van der Waals surface area contributed by atoms with Crippen molar-refractivity contribution >= 4 is 51.5 Å². The van der Waals surface area contributed by atoms with Crippen LogP contribution in [0.4, 0.5) is 0 Å². The normalized spacial score (nSPS) is 14.8. The predicted molar refractivity (Wildman–Crippen MR) is 123 cm³/mol. The van der Waals surface area contributed by atoms with Gasteiger partial charge in [0.05, 0.1) is 10.0 Å². The Morgan fingerprint density at radius 3 is 2.23 bits per heavy atom. The van der Waals surface area contributed by atoms with Crippen LogP contribution in [0.15, 0.2) is 54.6 Å². The maximum atomic E-state index is 12.7. The molecule has 0 saturated carbocycles. The number of hydrogen-bond donors (Lipinski definition) is 0. The smallest absolute Gasteiger partial charge is 0.260 e. The molecule has 0 aromatic heterocycles. The summed E-state index contributed by atoms with van der Waals surface area (Å²) < 4.78 is 5.85. The number of hydrogen-bond acceptors (Lipinski definition) is 3. The highest BCUT2D eigenvalue weighted by Gasteiger charge is 2.22. The van der Waals surface area contributed by atoms with E-state index in [0.29, 0.717) is 28.9 Å². The summed E-state index contributed by atoms with van der Waals surface area (Å²) in [7, 11) is 0. The molecule has 4 rings (SSSR count). The molecule has 4 nitrogen and oxygen atoms in total. The Labute approximate surface area is 190 Å². The molecular weight excluding hydrogens is 443 g/mol. The zero-order valence-corrected chi connectivity index (χ0v) is 18.6. The van der Waals surface area contributed by atoms with Crippen molar-refractivity contribution in [3.63, 3.8) is 0 Å². The molecule has 1 aliphatic rings. The lowest BCUT2D eigenvalue weighted by Gasteiger charge is -2.34. The number of amides is 1. The average molecular weight is 464 g/mol. The molecule has 0 unspecified atom stereocenters. The van der Waals surface area contributed by atoms with Crippen LogP contribution in [0, 0.1) is 0 Å². The molecule has 7 heteroatoms. The van der Waals surface area contributed by atoms with Gasteiger partial charge in [0.15, 0.2) is 6.61 Å². The molecular formula is C23H21Cl3N2O2. The van der Waals surface area contributed by atoms with Crippen molar-refractivity contribution in [2.45, 2.75) is 6.54 Å². The lowest BCUT2D eigenvalue weighted by Crippen LogP contribution is -2.49. The molecule has 1 fully saturated rings. The fourth-order valence-corrected chi connectivity index (χ4v) is 4.37. The molecule has 0 radical (unpaired) electrons. The first-order chi connectivity index (χ1) is 14.5. The van der Waals surface area contributed by atoms with Gasteiger partial charge in [0, 0.05) is 48.5 Å². The molecule has 156 valence electrons. The van der Waals surface area contributed by atoms with Gasteiger partial charge in [-0.1, -0.05) is 71.2 Å². The zero-order chi connectivity index (χ0) is 21.1. The van der Waals surface area contributed by atoms with Gasteiger partial charge in [-0.3, -0.25) is 9.69 Å². The van der Waals surface area contributed by atoms with Crippen LogP contribution < -0.4 is 4.74 Å². The number of piperazine rings is 1. The summed E-state index contributed by atoms with van der Waals surface area (Å²) in [6.07, 6.45) is 0. The molecule has 0 atom stereocenters. The van der Waals surface area contributed by atoms with Crippen molar-refractivity contribution in [1.82, 2.24) is 9.80 Å². The second-order valence-electron chi connectivity index (χ2n) is 7.29. The number of carbonyl (C=O) groups excluding carboxylic acids is 1. The van der Waals surface area contributed by atoms with Gasteiger partial charge in [-0.2, -0.15) is 0 Å². The molecule has 1 amide bonds. The second kappa shape index (κ2) is 9.44. The summed E-state index contributed by atoms with van der Waals surface area (Å²) in [6, 6.07) is 17.1. The quantitative estimate of drug-likeness (QED) is 0.499. The third-order valence-corrected chi connectivity index (χ3v) is 6.13. The minimum Gasteiger partial charge on any atom is -0.482 e. The third-order valence-electron chi connectivity index (χ3n) is 5.28. The molecule has 1 saturated heterocycles. The van der Waals surface area contributed by atoms with Gasteiger partial charge in [-0.15, -0.1) is 0 Å². The third kappa shape index (κ3) is 4.84. The molecule has 0 spiro atoms. The highest BCUT2D eigenvalue weighted by Crippen LogP contribution is 2.38. The standard InChI is InChI=1S/C23H21Cl3N2O2/c24-17-7-5-16(6-8-17)14-27-9-11-28(12-10-27)22(29)15-30-23-19-4-2-1-3-18(19)20(25)13-21(23)26/h1-8,13H,9-12,14-15H2. The van der Waals surface area contributed by atoms with Crippen molar-refractivity contribution < 1.29 is 9.53 Å². The minimum absolute atomic E-state index is 0.0451. The lowest BCUT2D eigenvalue weighted by molar-refractivity contribution is -0.135. The van der Waals surface area contributed by atoms with Gasteiger partial charge < -0.3 is 9.64 Å². The Balaban J connectivity index is 1.34. The molecule has 0 bridgehead atoms. The van der Waals surface area contributed by atoms with Crippen molar-refractivity contribution in [3.05, 3.63) is 75.2 Å². The van der Waals surface area contributed by atoms with Crippen LogP contribution in [-0.4, -0.2) is 48.5 Å². The van der Waals surface area contributed by atoms with Crippen LogP contribution in [0.3, 0.4) is 0 Å². The van der Waals surface area contributed by atoms with E-state index < -0.39 is 0 Å². The predicted octanol–water partition coefficient (Wildman–Crippen LogP) is 5.52. The highest BCUT2D eigenvalue weighted by atomic mass is 35.5. The fraction of sp³-hybridized carbons (Fsp3) is 0.261. The summed E-state index contributed by atoms with van der Waals surface area (Å²) in [5.74, 6) is 0.447. The van der Waals surface area contributed by atoms with Crippen LogP contribution in [-0.2, 0) is 11.3 Å².